The SMILES string of the molecule is Clc1cc2c(cc1Cl)NC1(CCCC1)CN2. The van der Waals surface area contributed by atoms with Gasteiger partial charge in [0.2, 0.25) is 0 Å². The average Bonchev–Trinajstić information content (AvgIpc) is 2.69. The molecule has 1 saturated carbocycles. The summed E-state index contributed by atoms with van der Waals surface area (Å²) in [7, 11) is 0. The van der Waals surface area contributed by atoms with Gasteiger partial charge in [0.15, 0.2) is 0 Å². The molecule has 1 heterocycles. The number of hydrogen-bond acceptors (Lipinski definition) is 2. The highest BCUT2D eigenvalue weighted by atomic mass is 35.5. The summed E-state index contributed by atoms with van der Waals surface area (Å²) in [4.78, 5) is 0. The lowest BCUT2D eigenvalue weighted by molar-refractivity contribution is 0.500. The van der Waals surface area contributed by atoms with Gasteiger partial charge in [0.1, 0.15) is 0 Å². The van der Waals surface area contributed by atoms with Crippen molar-refractivity contribution in [3.63, 3.8) is 0 Å². The van der Waals surface area contributed by atoms with Crippen LogP contribution in [0.2, 0.25) is 10.0 Å². The van der Waals surface area contributed by atoms with Crippen molar-refractivity contribution in [1.29, 1.82) is 0 Å². The molecule has 0 aromatic heterocycles. The van der Waals surface area contributed by atoms with Crippen molar-refractivity contribution in [2.45, 2.75) is 31.2 Å². The van der Waals surface area contributed by atoms with Crippen molar-refractivity contribution < 1.29 is 0 Å². The van der Waals surface area contributed by atoms with Gasteiger partial charge in [-0.25, -0.2) is 0 Å². The molecule has 1 aromatic rings. The van der Waals surface area contributed by atoms with E-state index < -0.39 is 0 Å². The van der Waals surface area contributed by atoms with Crippen molar-refractivity contribution >= 4 is 34.6 Å². The molecule has 0 bridgehead atoms. The summed E-state index contributed by atoms with van der Waals surface area (Å²) in [6.45, 7) is 0.984. The molecular formula is C12H14Cl2N2. The summed E-state index contributed by atoms with van der Waals surface area (Å²) in [6, 6.07) is 3.82. The maximum Gasteiger partial charge on any atom is 0.0614 e. The van der Waals surface area contributed by atoms with Crippen LogP contribution in [-0.2, 0) is 0 Å². The van der Waals surface area contributed by atoms with Gasteiger partial charge in [0.25, 0.3) is 0 Å². The highest BCUT2D eigenvalue weighted by molar-refractivity contribution is 6.42. The molecule has 1 fully saturated rings. The first kappa shape index (κ1) is 10.5. The van der Waals surface area contributed by atoms with Crippen LogP contribution in [0, 0.1) is 0 Å². The Bertz CT molecular complexity index is 425. The number of hydrogen-bond donors (Lipinski definition) is 2. The maximum absolute atomic E-state index is 6.04. The highest BCUT2D eigenvalue weighted by Gasteiger charge is 2.36. The van der Waals surface area contributed by atoms with Crippen LogP contribution in [0.15, 0.2) is 12.1 Å². The lowest BCUT2D eigenvalue weighted by Gasteiger charge is -2.37. The Kier molecular flexibility index (Phi) is 2.45. The predicted octanol–water partition coefficient (Wildman–Crippen LogP) is 4.14. The quantitative estimate of drug-likeness (QED) is 0.729. The lowest BCUT2D eigenvalue weighted by atomic mass is 9.94. The molecule has 1 aromatic carbocycles. The van der Waals surface area contributed by atoms with Gasteiger partial charge < -0.3 is 10.6 Å². The number of anilines is 2. The van der Waals surface area contributed by atoms with Gasteiger partial charge in [-0.15, -0.1) is 0 Å². The Hall–Kier alpha value is -0.600. The standard InChI is InChI=1S/C12H14Cl2N2/c13-8-5-10-11(6-9(8)14)16-12(7-15-10)3-1-2-4-12/h5-6,15-16H,1-4,7H2. The van der Waals surface area contributed by atoms with Crippen LogP contribution in [0.5, 0.6) is 0 Å². The minimum atomic E-state index is 0.240. The zero-order chi connectivity index (χ0) is 11.2. The fraction of sp³-hybridized carbons (Fsp3) is 0.500. The van der Waals surface area contributed by atoms with E-state index in [9.17, 15) is 0 Å². The molecule has 2 nitrogen and oxygen atoms in total. The largest absolute Gasteiger partial charge is 0.381 e. The number of nitrogens with one attached hydrogen (secondary N) is 2. The zero-order valence-electron chi connectivity index (χ0n) is 8.95. The molecule has 1 aliphatic heterocycles. The summed E-state index contributed by atoms with van der Waals surface area (Å²) in [5.41, 5.74) is 2.39. The van der Waals surface area contributed by atoms with Crippen LogP contribution >= 0.6 is 23.2 Å². The molecule has 1 spiro atoms. The van der Waals surface area contributed by atoms with Crippen molar-refractivity contribution in [3.8, 4) is 0 Å². The van der Waals surface area contributed by atoms with E-state index in [-0.39, 0.29) is 5.54 Å². The second-order valence-electron chi connectivity index (χ2n) is 4.78. The van der Waals surface area contributed by atoms with Gasteiger partial charge in [-0.1, -0.05) is 36.0 Å². The molecule has 2 N–H and O–H groups in total. The first-order chi connectivity index (χ1) is 7.69. The maximum atomic E-state index is 6.04. The van der Waals surface area contributed by atoms with E-state index in [0.717, 1.165) is 17.9 Å². The van der Waals surface area contributed by atoms with Gasteiger partial charge in [0.05, 0.1) is 27.0 Å². The summed E-state index contributed by atoms with van der Waals surface area (Å²) in [5, 5.41) is 8.32. The molecule has 3 rings (SSSR count). The molecule has 0 unspecified atom stereocenters. The van der Waals surface area contributed by atoms with Crippen LogP contribution in [0.3, 0.4) is 0 Å². The smallest absolute Gasteiger partial charge is 0.0614 e. The Morgan fingerprint density at radius 1 is 1.00 bits per heavy atom. The first-order valence-corrected chi connectivity index (χ1v) is 6.45. The minimum Gasteiger partial charge on any atom is -0.381 e. The van der Waals surface area contributed by atoms with Gasteiger partial charge >= 0.3 is 0 Å². The molecule has 2 aliphatic rings. The fourth-order valence-corrected chi connectivity index (χ4v) is 3.07. The van der Waals surface area contributed by atoms with Crippen molar-refractivity contribution in [3.05, 3.63) is 22.2 Å². The third-order valence-corrected chi connectivity index (χ3v) is 4.36. The summed E-state index contributed by atoms with van der Waals surface area (Å²) >= 11 is 12.0. The number of fused-ring (bicyclic) bond motifs is 1. The van der Waals surface area contributed by atoms with Gasteiger partial charge in [-0.2, -0.15) is 0 Å². The molecule has 4 heteroatoms. The molecule has 0 atom stereocenters. The third-order valence-electron chi connectivity index (χ3n) is 3.64. The Morgan fingerprint density at radius 3 is 2.31 bits per heavy atom. The van der Waals surface area contributed by atoms with E-state index in [0.29, 0.717) is 10.0 Å². The molecule has 0 amide bonds. The normalized spacial score (nSPS) is 21.4. The summed E-state index contributed by atoms with van der Waals surface area (Å²) < 4.78 is 0. The lowest BCUT2D eigenvalue weighted by Crippen LogP contribution is -2.45. The summed E-state index contributed by atoms with van der Waals surface area (Å²) in [6.07, 6.45) is 5.09. The van der Waals surface area contributed by atoms with E-state index in [2.05, 4.69) is 10.6 Å². The highest BCUT2D eigenvalue weighted by Crippen LogP contribution is 2.41. The van der Waals surface area contributed by atoms with Gasteiger partial charge in [-0.05, 0) is 25.0 Å². The molecule has 0 radical (unpaired) electrons. The second-order valence-corrected chi connectivity index (χ2v) is 5.59. The second kappa shape index (κ2) is 3.71. The van der Waals surface area contributed by atoms with E-state index >= 15 is 0 Å². The van der Waals surface area contributed by atoms with Crippen molar-refractivity contribution in [2.24, 2.45) is 0 Å². The van der Waals surface area contributed by atoms with Gasteiger partial charge in [-0.3, -0.25) is 0 Å². The summed E-state index contributed by atoms with van der Waals surface area (Å²) in [5.74, 6) is 0. The van der Waals surface area contributed by atoms with E-state index in [1.54, 1.807) is 0 Å². The van der Waals surface area contributed by atoms with Crippen LogP contribution in [0.4, 0.5) is 11.4 Å². The number of halogens is 2. The molecule has 16 heavy (non-hydrogen) atoms. The minimum absolute atomic E-state index is 0.240. The number of rotatable bonds is 0. The van der Waals surface area contributed by atoms with Crippen LogP contribution < -0.4 is 10.6 Å². The van der Waals surface area contributed by atoms with E-state index in [4.69, 9.17) is 23.2 Å². The molecule has 86 valence electrons. The van der Waals surface area contributed by atoms with Gasteiger partial charge in [0, 0.05) is 6.54 Å². The Labute approximate surface area is 105 Å². The van der Waals surface area contributed by atoms with Crippen molar-refractivity contribution in [1.82, 2.24) is 0 Å². The van der Waals surface area contributed by atoms with Crippen molar-refractivity contribution in [2.75, 3.05) is 17.2 Å². The van der Waals surface area contributed by atoms with E-state index in [1.165, 1.54) is 25.7 Å². The average molecular weight is 257 g/mol. The number of benzene rings is 1. The first-order valence-electron chi connectivity index (χ1n) is 5.70. The topological polar surface area (TPSA) is 24.1 Å². The Balaban J connectivity index is 1.96. The third kappa shape index (κ3) is 1.64. The van der Waals surface area contributed by atoms with Crippen LogP contribution in [0.25, 0.3) is 0 Å². The predicted molar refractivity (Wildman–Crippen MR) is 69.8 cm³/mol. The van der Waals surface area contributed by atoms with E-state index in [1.807, 2.05) is 12.1 Å². The monoisotopic (exact) mass is 256 g/mol. The van der Waals surface area contributed by atoms with Crippen LogP contribution in [-0.4, -0.2) is 12.1 Å². The molecular weight excluding hydrogens is 243 g/mol. The zero-order valence-corrected chi connectivity index (χ0v) is 10.5. The molecule has 0 saturated heterocycles. The molecule has 1 aliphatic carbocycles. The fourth-order valence-electron chi connectivity index (χ4n) is 2.74. The van der Waals surface area contributed by atoms with Crippen LogP contribution in [0.1, 0.15) is 25.7 Å². The Morgan fingerprint density at radius 2 is 1.62 bits per heavy atom.